The second-order valence-corrected chi connectivity index (χ2v) is 6.14. The summed E-state index contributed by atoms with van der Waals surface area (Å²) in [6.07, 6.45) is 9.17. The van der Waals surface area contributed by atoms with Crippen LogP contribution in [0.4, 0.5) is 0 Å². The molecule has 1 nitrogen and oxygen atoms in total. The van der Waals surface area contributed by atoms with Crippen molar-refractivity contribution < 1.29 is 44.3 Å². The van der Waals surface area contributed by atoms with Gasteiger partial charge in [0.15, 0.2) is 0 Å². The van der Waals surface area contributed by atoms with Gasteiger partial charge in [0.1, 0.15) is 0 Å². The normalized spacial score (nSPS) is 24.1. The molecule has 1 N–H and O–H groups in total. The van der Waals surface area contributed by atoms with Crippen LogP contribution in [0.25, 0.3) is 0 Å². The predicted molar refractivity (Wildman–Crippen MR) is 46.4 cm³/mol. The van der Waals surface area contributed by atoms with Gasteiger partial charge in [-0.1, -0.05) is 0 Å². The second kappa shape index (κ2) is 5.27. The third-order valence-electron chi connectivity index (χ3n) is 3.25. The number of unbranched alkanes of at least 4 members (excludes halogenated alkanes) is 1. The van der Waals surface area contributed by atoms with E-state index in [9.17, 15) is 5.11 Å². The Morgan fingerprint density at radius 3 is 2.42 bits per heavy atom. The van der Waals surface area contributed by atoms with E-state index < -0.39 is 0 Å². The number of hydrogen-bond acceptors (Lipinski definition) is 1. The molecule has 0 bridgehead atoms. The fourth-order valence-electron chi connectivity index (χ4n) is 2.30. The molecule has 1 aliphatic carbocycles. The minimum absolute atomic E-state index is 0.0755. The molecular formula is C10H19OPr. The third-order valence-corrected chi connectivity index (χ3v) is 5.52. The van der Waals surface area contributed by atoms with Gasteiger partial charge in [-0.3, -0.25) is 0 Å². The molecule has 1 rings (SSSR count). The van der Waals surface area contributed by atoms with Crippen molar-refractivity contribution in [1.29, 1.82) is 0 Å². The van der Waals surface area contributed by atoms with E-state index >= 15 is 0 Å². The van der Waals surface area contributed by atoms with Crippen LogP contribution >= 0.6 is 0 Å². The molecular weight excluding hydrogens is 277 g/mol. The van der Waals surface area contributed by atoms with Gasteiger partial charge < -0.3 is 0 Å². The summed E-state index contributed by atoms with van der Waals surface area (Å²) in [7, 11) is 0. The Hall–Kier alpha value is 1.32. The molecule has 0 aliphatic heterocycles. The molecule has 0 amide bonds. The van der Waals surface area contributed by atoms with Crippen LogP contribution in [-0.4, -0.2) is 6.79 Å². The van der Waals surface area contributed by atoms with Crippen molar-refractivity contribution >= 4 is 0 Å². The van der Waals surface area contributed by atoms with Crippen LogP contribution in [0, 0.1) is 44.6 Å². The van der Waals surface area contributed by atoms with E-state index in [1.165, 1.54) is 44.9 Å². The predicted octanol–water partition coefficient (Wildman–Crippen LogP) is 2.60. The molecule has 1 saturated carbocycles. The summed E-state index contributed by atoms with van der Waals surface area (Å²) in [5.74, 6) is 0. The zero-order chi connectivity index (χ0) is 9.03. The van der Waals surface area contributed by atoms with E-state index in [-0.39, 0.29) is 1.69 Å². The van der Waals surface area contributed by atoms with Crippen LogP contribution in [0.3, 0.4) is 0 Å². The maximum absolute atomic E-state index is 9.80. The van der Waals surface area contributed by atoms with E-state index in [4.69, 9.17) is 0 Å². The summed E-state index contributed by atoms with van der Waals surface area (Å²) < 4.78 is 0.0755. The molecule has 12 heavy (non-hydrogen) atoms. The molecule has 0 aromatic rings. The Kier molecular flexibility index (Phi) is 5.00. The molecule has 1 aliphatic rings. The summed E-state index contributed by atoms with van der Waals surface area (Å²) in [6.45, 7) is 2.24. The van der Waals surface area contributed by atoms with Gasteiger partial charge in [0.2, 0.25) is 0 Å². The molecule has 2 heteroatoms. The van der Waals surface area contributed by atoms with Gasteiger partial charge in [0, 0.05) is 0 Å². The van der Waals surface area contributed by atoms with Gasteiger partial charge in [-0.2, -0.15) is 0 Å². The first kappa shape index (κ1) is 11.4. The van der Waals surface area contributed by atoms with Gasteiger partial charge >= 0.3 is 103 Å². The summed E-state index contributed by atoms with van der Waals surface area (Å²) >= 11 is 0.755. The van der Waals surface area contributed by atoms with E-state index in [1.54, 1.807) is 0 Å². The van der Waals surface area contributed by atoms with Crippen molar-refractivity contribution in [2.75, 3.05) is 0 Å². The summed E-state index contributed by atoms with van der Waals surface area (Å²) in [5.41, 5.74) is 0.376. The Morgan fingerprint density at radius 1 is 1.42 bits per heavy atom. The van der Waals surface area contributed by atoms with Crippen LogP contribution in [0.5, 0.6) is 0 Å². The van der Waals surface area contributed by atoms with Gasteiger partial charge in [-0.15, -0.1) is 0 Å². The Morgan fingerprint density at radius 2 is 2.00 bits per heavy atom. The van der Waals surface area contributed by atoms with Gasteiger partial charge in [0.25, 0.3) is 0 Å². The summed E-state index contributed by atoms with van der Waals surface area (Å²) in [5, 5.41) is 9.80. The van der Waals surface area contributed by atoms with E-state index in [2.05, 4.69) is 6.92 Å². The average Bonchev–Trinajstić information content (AvgIpc) is 2.50. The molecule has 1 fully saturated rings. The van der Waals surface area contributed by atoms with E-state index in [1.807, 2.05) is 0 Å². The van der Waals surface area contributed by atoms with Crippen LogP contribution in [-0.2, 0) is 0 Å². The molecule has 1 atom stereocenters. The van der Waals surface area contributed by atoms with Crippen LogP contribution in [0.1, 0.15) is 51.9 Å². The quantitative estimate of drug-likeness (QED) is 0.845. The summed E-state index contributed by atoms with van der Waals surface area (Å²) in [6, 6.07) is 0. The van der Waals surface area contributed by atoms with Crippen molar-refractivity contribution in [3.8, 4) is 0 Å². The summed E-state index contributed by atoms with van der Waals surface area (Å²) in [4.78, 5) is 0. The Balaban J connectivity index is 2.47. The van der Waals surface area contributed by atoms with Crippen LogP contribution in [0.2, 0.25) is 0 Å². The van der Waals surface area contributed by atoms with Gasteiger partial charge in [-0.25, -0.2) is 0 Å². The number of aliphatic hydroxyl groups excluding tert-OH is 1. The first-order valence-corrected chi connectivity index (χ1v) is 7.29. The van der Waals surface area contributed by atoms with Crippen LogP contribution < -0.4 is 0 Å². The topological polar surface area (TPSA) is 20.2 Å². The second-order valence-electron chi connectivity index (χ2n) is 4.12. The van der Waals surface area contributed by atoms with E-state index in [0.29, 0.717) is 5.41 Å². The molecule has 0 saturated heterocycles. The van der Waals surface area contributed by atoms with Crippen molar-refractivity contribution in [3.05, 3.63) is 0 Å². The molecule has 68 valence electrons. The molecule has 1 unspecified atom stereocenters. The number of hydrogen-bond donors (Lipinski definition) is 1. The molecule has 0 aromatic heterocycles. The Bertz CT molecular complexity index is 128. The van der Waals surface area contributed by atoms with Crippen molar-refractivity contribution in [1.82, 2.24) is 0 Å². The SMILES string of the molecule is CCCCC1([CH](O)[Pr])CCCC1. The molecule has 0 aromatic carbocycles. The fourth-order valence-corrected chi connectivity index (χ4v) is 3.91. The fraction of sp³-hybridized carbons (Fsp3) is 1.00. The Labute approximate surface area is 102 Å². The van der Waals surface area contributed by atoms with Gasteiger partial charge in [-0.05, 0) is 0 Å². The van der Waals surface area contributed by atoms with Gasteiger partial charge in [0.05, 0.1) is 0 Å². The van der Waals surface area contributed by atoms with Crippen LogP contribution in [0.15, 0.2) is 0 Å². The first-order valence-electron chi connectivity index (χ1n) is 5.15. The molecule has 0 heterocycles. The number of aliphatic hydroxyl groups is 1. The number of rotatable bonds is 4. The molecule has 0 radical (unpaired) electrons. The first-order chi connectivity index (χ1) is 5.71. The zero-order valence-electron chi connectivity index (χ0n) is 8.05. The van der Waals surface area contributed by atoms with E-state index in [0.717, 1.165) is 39.2 Å². The maximum atomic E-state index is 9.80. The van der Waals surface area contributed by atoms with Crippen molar-refractivity contribution in [3.63, 3.8) is 0 Å². The minimum atomic E-state index is 0.0755. The third kappa shape index (κ3) is 2.65. The van der Waals surface area contributed by atoms with Crippen molar-refractivity contribution in [2.45, 2.75) is 53.6 Å². The monoisotopic (exact) mass is 296 g/mol. The molecule has 0 spiro atoms. The zero-order valence-corrected chi connectivity index (χ0v) is 11.8. The van der Waals surface area contributed by atoms with Crippen molar-refractivity contribution in [2.24, 2.45) is 5.41 Å². The standard InChI is InChI=1S/C10H19O.Pr/c1-2-3-6-10(9-11)7-4-5-8-10;/h9,11H,2-8H2,1H3;. The average molecular weight is 296 g/mol.